The van der Waals surface area contributed by atoms with Crippen LogP contribution >= 0.6 is 0 Å². The van der Waals surface area contributed by atoms with Gasteiger partial charge in [0.1, 0.15) is 0 Å². The standard InChI is InChI=1S/C20H24N2O3S/c1-16-5-7-17(8-6-16)15-21(2)20(23)18-9-11-19(12-10-18)26(24,25)22-13-3-4-14-22/h5-12H,3-4,13-15H2,1-2H3. The van der Waals surface area contributed by atoms with E-state index < -0.39 is 10.0 Å². The topological polar surface area (TPSA) is 57.7 Å². The monoisotopic (exact) mass is 372 g/mol. The lowest BCUT2D eigenvalue weighted by Gasteiger charge is -2.18. The molecule has 1 amide bonds. The number of amides is 1. The summed E-state index contributed by atoms with van der Waals surface area (Å²) >= 11 is 0. The first-order valence-corrected chi connectivity index (χ1v) is 10.2. The molecule has 0 spiro atoms. The van der Waals surface area contributed by atoms with Crippen LogP contribution in [0.25, 0.3) is 0 Å². The van der Waals surface area contributed by atoms with E-state index in [-0.39, 0.29) is 10.8 Å². The van der Waals surface area contributed by atoms with Crippen molar-refractivity contribution >= 4 is 15.9 Å². The van der Waals surface area contributed by atoms with E-state index in [4.69, 9.17) is 0 Å². The number of nitrogens with zero attached hydrogens (tertiary/aromatic N) is 2. The van der Waals surface area contributed by atoms with Crippen LogP contribution in [0.4, 0.5) is 0 Å². The Morgan fingerprint density at radius 2 is 1.58 bits per heavy atom. The summed E-state index contributed by atoms with van der Waals surface area (Å²) in [5, 5.41) is 0. The van der Waals surface area contributed by atoms with E-state index in [1.807, 2.05) is 31.2 Å². The van der Waals surface area contributed by atoms with Crippen LogP contribution in [0.5, 0.6) is 0 Å². The molecule has 2 aromatic carbocycles. The van der Waals surface area contributed by atoms with Gasteiger partial charge in [0.2, 0.25) is 10.0 Å². The number of hydrogen-bond acceptors (Lipinski definition) is 3. The van der Waals surface area contributed by atoms with Crippen LogP contribution in [-0.4, -0.2) is 43.7 Å². The Labute approximate surface area is 155 Å². The lowest BCUT2D eigenvalue weighted by Crippen LogP contribution is -2.28. The summed E-state index contributed by atoms with van der Waals surface area (Å²) < 4.78 is 26.6. The smallest absolute Gasteiger partial charge is 0.253 e. The van der Waals surface area contributed by atoms with Gasteiger partial charge in [-0.1, -0.05) is 29.8 Å². The molecule has 0 aliphatic carbocycles. The SMILES string of the molecule is Cc1ccc(CN(C)C(=O)c2ccc(S(=O)(=O)N3CCCC3)cc2)cc1. The van der Waals surface area contributed by atoms with Crippen molar-refractivity contribution in [2.45, 2.75) is 31.2 Å². The second kappa shape index (κ2) is 7.60. The molecule has 1 aliphatic heterocycles. The summed E-state index contributed by atoms with van der Waals surface area (Å²) in [5.41, 5.74) is 2.72. The lowest BCUT2D eigenvalue weighted by atomic mass is 10.1. The molecular formula is C20H24N2O3S. The molecule has 0 aromatic heterocycles. The average Bonchev–Trinajstić information content (AvgIpc) is 3.18. The van der Waals surface area contributed by atoms with E-state index in [9.17, 15) is 13.2 Å². The van der Waals surface area contributed by atoms with Crippen molar-refractivity contribution in [2.75, 3.05) is 20.1 Å². The third kappa shape index (κ3) is 3.97. The Bertz CT molecular complexity index is 868. The first-order valence-electron chi connectivity index (χ1n) is 8.79. The highest BCUT2D eigenvalue weighted by atomic mass is 32.2. The molecule has 26 heavy (non-hydrogen) atoms. The molecule has 2 aromatic rings. The third-order valence-corrected chi connectivity index (χ3v) is 6.60. The number of carbonyl (C=O) groups is 1. The minimum Gasteiger partial charge on any atom is -0.337 e. The average molecular weight is 372 g/mol. The van der Waals surface area contributed by atoms with E-state index in [2.05, 4.69) is 0 Å². The van der Waals surface area contributed by atoms with Crippen molar-refractivity contribution < 1.29 is 13.2 Å². The van der Waals surface area contributed by atoms with Crippen LogP contribution in [0, 0.1) is 6.92 Å². The number of benzene rings is 2. The summed E-state index contributed by atoms with van der Waals surface area (Å²) in [6.45, 7) is 3.67. The molecule has 6 heteroatoms. The number of sulfonamides is 1. The lowest BCUT2D eigenvalue weighted by molar-refractivity contribution is 0.0785. The van der Waals surface area contributed by atoms with E-state index >= 15 is 0 Å². The van der Waals surface area contributed by atoms with Crippen molar-refractivity contribution in [3.63, 3.8) is 0 Å². The summed E-state index contributed by atoms with van der Waals surface area (Å²) in [6, 6.07) is 14.3. The Morgan fingerprint density at radius 1 is 1.00 bits per heavy atom. The Morgan fingerprint density at radius 3 is 2.15 bits per heavy atom. The third-order valence-electron chi connectivity index (χ3n) is 4.69. The minimum absolute atomic E-state index is 0.129. The fourth-order valence-corrected chi connectivity index (χ4v) is 4.62. The Kier molecular flexibility index (Phi) is 5.44. The normalized spacial score (nSPS) is 15.2. The number of rotatable bonds is 5. The fourth-order valence-electron chi connectivity index (χ4n) is 3.11. The van der Waals surface area contributed by atoms with Gasteiger partial charge in [0, 0.05) is 32.2 Å². The van der Waals surface area contributed by atoms with Crippen molar-refractivity contribution in [3.05, 3.63) is 65.2 Å². The molecule has 1 fully saturated rings. The van der Waals surface area contributed by atoms with Crippen LogP contribution in [-0.2, 0) is 16.6 Å². The van der Waals surface area contributed by atoms with Gasteiger partial charge in [-0.05, 0) is 49.6 Å². The fraction of sp³-hybridized carbons (Fsp3) is 0.350. The summed E-state index contributed by atoms with van der Waals surface area (Å²) in [6.07, 6.45) is 1.80. The first kappa shape index (κ1) is 18.6. The minimum atomic E-state index is -3.45. The van der Waals surface area contributed by atoms with Gasteiger partial charge >= 0.3 is 0 Å². The van der Waals surface area contributed by atoms with Crippen LogP contribution in [0.1, 0.15) is 34.3 Å². The highest BCUT2D eigenvalue weighted by Gasteiger charge is 2.27. The zero-order chi connectivity index (χ0) is 18.7. The maximum absolute atomic E-state index is 12.6. The van der Waals surface area contributed by atoms with Gasteiger partial charge in [-0.3, -0.25) is 4.79 Å². The van der Waals surface area contributed by atoms with Gasteiger partial charge in [-0.25, -0.2) is 8.42 Å². The highest BCUT2D eigenvalue weighted by Crippen LogP contribution is 2.21. The number of aryl methyl sites for hydroxylation is 1. The molecule has 3 rings (SSSR count). The van der Waals surface area contributed by atoms with E-state index in [0.717, 1.165) is 18.4 Å². The second-order valence-corrected chi connectivity index (χ2v) is 8.72. The van der Waals surface area contributed by atoms with E-state index in [1.165, 1.54) is 22.0 Å². The maximum atomic E-state index is 12.6. The molecule has 5 nitrogen and oxygen atoms in total. The Balaban J connectivity index is 1.71. The molecule has 1 saturated heterocycles. The van der Waals surface area contributed by atoms with Crippen LogP contribution in [0.2, 0.25) is 0 Å². The van der Waals surface area contributed by atoms with Crippen molar-refractivity contribution in [3.8, 4) is 0 Å². The highest BCUT2D eigenvalue weighted by molar-refractivity contribution is 7.89. The zero-order valence-electron chi connectivity index (χ0n) is 15.2. The molecule has 0 unspecified atom stereocenters. The van der Waals surface area contributed by atoms with Gasteiger partial charge in [-0.2, -0.15) is 4.31 Å². The van der Waals surface area contributed by atoms with Crippen molar-refractivity contribution in [2.24, 2.45) is 0 Å². The summed E-state index contributed by atoms with van der Waals surface area (Å²) in [7, 11) is -1.70. The van der Waals surface area contributed by atoms with Gasteiger partial charge in [-0.15, -0.1) is 0 Å². The van der Waals surface area contributed by atoms with Crippen LogP contribution < -0.4 is 0 Å². The van der Waals surface area contributed by atoms with Gasteiger partial charge in [0.05, 0.1) is 4.90 Å². The molecule has 0 radical (unpaired) electrons. The summed E-state index contributed by atoms with van der Waals surface area (Å²) in [5.74, 6) is -0.129. The van der Waals surface area contributed by atoms with Gasteiger partial charge in [0.15, 0.2) is 0 Å². The van der Waals surface area contributed by atoms with E-state index in [1.54, 1.807) is 24.1 Å². The predicted octanol–water partition coefficient (Wildman–Crippen LogP) is 3.05. The molecule has 1 aliphatic rings. The predicted molar refractivity (Wildman–Crippen MR) is 101 cm³/mol. The molecule has 0 atom stereocenters. The molecule has 138 valence electrons. The first-order chi connectivity index (χ1) is 12.4. The van der Waals surface area contributed by atoms with Crippen molar-refractivity contribution in [1.82, 2.24) is 9.21 Å². The summed E-state index contributed by atoms with van der Waals surface area (Å²) in [4.78, 5) is 14.5. The number of hydrogen-bond donors (Lipinski definition) is 0. The van der Waals surface area contributed by atoms with Crippen molar-refractivity contribution in [1.29, 1.82) is 0 Å². The van der Waals surface area contributed by atoms with Crippen LogP contribution in [0.15, 0.2) is 53.4 Å². The molecule has 0 N–H and O–H groups in total. The molecular weight excluding hydrogens is 348 g/mol. The molecule has 0 bridgehead atoms. The van der Waals surface area contributed by atoms with Gasteiger partial charge in [0.25, 0.3) is 5.91 Å². The quantitative estimate of drug-likeness (QED) is 0.811. The number of carbonyl (C=O) groups excluding carboxylic acids is 1. The van der Waals surface area contributed by atoms with Gasteiger partial charge < -0.3 is 4.90 Å². The molecule has 1 heterocycles. The maximum Gasteiger partial charge on any atom is 0.253 e. The second-order valence-electron chi connectivity index (χ2n) is 6.78. The Hall–Kier alpha value is -2.18. The molecule has 0 saturated carbocycles. The van der Waals surface area contributed by atoms with Crippen LogP contribution in [0.3, 0.4) is 0 Å². The van der Waals surface area contributed by atoms with E-state index in [0.29, 0.717) is 25.2 Å². The largest absolute Gasteiger partial charge is 0.337 e. The zero-order valence-corrected chi connectivity index (χ0v) is 16.0.